The van der Waals surface area contributed by atoms with Crippen LogP contribution in [0.15, 0.2) is 34.3 Å². The zero-order valence-electron chi connectivity index (χ0n) is 5.77. The molecule has 64 valence electrons. The van der Waals surface area contributed by atoms with Crippen LogP contribution in [0.5, 0.6) is 0 Å². The number of nitrogens with zero attached hydrogens (tertiary/aromatic N) is 1. The maximum atomic E-state index is 10.8. The van der Waals surface area contributed by atoms with Gasteiger partial charge in [-0.3, -0.25) is 0 Å². The molecule has 0 saturated heterocycles. The Bertz CT molecular complexity index is 401. The third-order valence-electron chi connectivity index (χ3n) is 1.23. The highest BCUT2D eigenvalue weighted by Gasteiger charge is 2.14. The largest absolute Gasteiger partial charge is 0.263 e. The molecule has 0 aliphatic heterocycles. The molecule has 0 aliphatic carbocycles. The second-order valence-corrected chi connectivity index (χ2v) is 4.53. The van der Waals surface area contributed by atoms with Crippen molar-refractivity contribution < 1.29 is 8.42 Å². The molecule has 0 amide bonds. The summed E-state index contributed by atoms with van der Waals surface area (Å²) in [7, 11) is 1.15. The number of hydrogen-bond acceptors (Lipinski definition) is 4. The second kappa shape index (κ2) is 3.20. The Morgan fingerprint density at radius 1 is 1.25 bits per heavy atom. The molecule has 4 nitrogen and oxygen atoms in total. The minimum absolute atomic E-state index is 0.174. The summed E-state index contributed by atoms with van der Waals surface area (Å²) in [5.74, 6) is 0. The van der Waals surface area contributed by atoms with E-state index < -0.39 is 9.05 Å². The minimum atomic E-state index is -3.87. The number of benzene rings is 1. The molecular weight excluding hydrogens is 202 g/mol. The molecular formula is C6H4ClNO3S. The molecule has 12 heavy (non-hydrogen) atoms. The smallest absolute Gasteiger partial charge is 0.207 e. The number of halogens is 1. The zero-order chi connectivity index (χ0) is 9.19. The molecule has 0 atom stereocenters. The Morgan fingerprint density at radius 3 is 2.25 bits per heavy atom. The zero-order valence-corrected chi connectivity index (χ0v) is 7.34. The van der Waals surface area contributed by atoms with Gasteiger partial charge < -0.3 is 0 Å². The summed E-state index contributed by atoms with van der Waals surface area (Å²) in [5.41, 5.74) is -0.174. The molecule has 0 aliphatic rings. The van der Waals surface area contributed by atoms with E-state index in [1.54, 1.807) is 0 Å². The SMILES string of the molecule is O=Nc1ccccc1S(=O)(=O)Cl. The first-order valence-corrected chi connectivity index (χ1v) is 5.23. The lowest BCUT2D eigenvalue weighted by Gasteiger charge is -1.96. The Morgan fingerprint density at radius 2 is 1.83 bits per heavy atom. The monoisotopic (exact) mass is 205 g/mol. The molecule has 1 rings (SSSR count). The molecule has 0 radical (unpaired) electrons. The minimum Gasteiger partial charge on any atom is -0.207 e. The van der Waals surface area contributed by atoms with Crippen molar-refractivity contribution in [2.24, 2.45) is 5.18 Å². The van der Waals surface area contributed by atoms with Gasteiger partial charge in [0.2, 0.25) is 0 Å². The van der Waals surface area contributed by atoms with E-state index in [4.69, 9.17) is 10.7 Å². The van der Waals surface area contributed by atoms with E-state index >= 15 is 0 Å². The van der Waals surface area contributed by atoms with Gasteiger partial charge in [0.05, 0.1) is 0 Å². The third-order valence-corrected chi connectivity index (χ3v) is 2.60. The molecule has 0 saturated carbocycles. The van der Waals surface area contributed by atoms with Gasteiger partial charge in [-0.15, -0.1) is 4.91 Å². The summed E-state index contributed by atoms with van der Waals surface area (Å²) in [5, 5.41) is 2.52. The van der Waals surface area contributed by atoms with Crippen molar-refractivity contribution in [1.29, 1.82) is 0 Å². The van der Waals surface area contributed by atoms with E-state index in [-0.39, 0.29) is 10.6 Å². The quantitative estimate of drug-likeness (QED) is 0.548. The van der Waals surface area contributed by atoms with Crippen molar-refractivity contribution in [3.05, 3.63) is 29.2 Å². The normalized spacial score (nSPS) is 11.1. The number of hydrogen-bond donors (Lipinski definition) is 0. The highest BCUT2D eigenvalue weighted by Crippen LogP contribution is 2.25. The maximum absolute atomic E-state index is 10.8. The first-order chi connectivity index (χ1) is 5.55. The van der Waals surface area contributed by atoms with Crippen molar-refractivity contribution in [2.45, 2.75) is 4.90 Å². The fourth-order valence-electron chi connectivity index (χ4n) is 0.739. The van der Waals surface area contributed by atoms with E-state index in [9.17, 15) is 13.3 Å². The number of nitroso groups, excluding NO2 is 1. The third kappa shape index (κ3) is 1.80. The molecule has 6 heteroatoms. The van der Waals surface area contributed by atoms with Crippen LogP contribution >= 0.6 is 10.7 Å². The van der Waals surface area contributed by atoms with Crippen molar-refractivity contribution in [3.63, 3.8) is 0 Å². The lowest BCUT2D eigenvalue weighted by molar-refractivity contribution is 0.610. The fraction of sp³-hybridized carbons (Fsp3) is 0. The van der Waals surface area contributed by atoms with Gasteiger partial charge in [-0.1, -0.05) is 12.1 Å². The van der Waals surface area contributed by atoms with Crippen LogP contribution in [0.25, 0.3) is 0 Å². The van der Waals surface area contributed by atoms with Crippen LogP contribution in [-0.4, -0.2) is 8.42 Å². The van der Waals surface area contributed by atoms with Crippen LogP contribution in [0.3, 0.4) is 0 Å². The Balaban J connectivity index is 3.43. The van der Waals surface area contributed by atoms with Gasteiger partial charge in [0.15, 0.2) is 0 Å². The molecule has 0 aromatic heterocycles. The van der Waals surface area contributed by atoms with E-state index in [1.165, 1.54) is 24.3 Å². The van der Waals surface area contributed by atoms with Crippen molar-refractivity contribution in [1.82, 2.24) is 0 Å². The summed E-state index contributed by atoms with van der Waals surface area (Å²) in [6.45, 7) is 0. The van der Waals surface area contributed by atoms with Gasteiger partial charge in [-0.2, -0.15) is 0 Å². The summed E-state index contributed by atoms with van der Waals surface area (Å²) in [6.07, 6.45) is 0. The maximum Gasteiger partial charge on any atom is 0.263 e. The van der Waals surface area contributed by atoms with Crippen molar-refractivity contribution in [3.8, 4) is 0 Å². The van der Waals surface area contributed by atoms with Gasteiger partial charge in [0.1, 0.15) is 10.6 Å². The average molecular weight is 206 g/mol. The molecule has 0 bridgehead atoms. The van der Waals surface area contributed by atoms with E-state index in [0.29, 0.717) is 0 Å². The van der Waals surface area contributed by atoms with Crippen LogP contribution in [0, 0.1) is 4.91 Å². The van der Waals surface area contributed by atoms with E-state index in [0.717, 1.165) is 0 Å². The van der Waals surface area contributed by atoms with Crippen molar-refractivity contribution in [2.75, 3.05) is 0 Å². The van der Waals surface area contributed by atoms with Crippen LogP contribution in [0.2, 0.25) is 0 Å². The first kappa shape index (κ1) is 9.15. The Kier molecular flexibility index (Phi) is 2.44. The van der Waals surface area contributed by atoms with Crippen LogP contribution in [0.1, 0.15) is 0 Å². The van der Waals surface area contributed by atoms with Crippen LogP contribution < -0.4 is 0 Å². The lowest BCUT2D eigenvalue weighted by Crippen LogP contribution is -1.89. The molecule has 1 aromatic carbocycles. The highest BCUT2D eigenvalue weighted by atomic mass is 35.7. The molecule has 0 unspecified atom stereocenters. The van der Waals surface area contributed by atoms with Crippen LogP contribution in [0.4, 0.5) is 5.69 Å². The van der Waals surface area contributed by atoms with E-state index in [2.05, 4.69) is 5.18 Å². The standard InChI is InChI=1S/C6H4ClNO3S/c7-12(10,11)6-4-2-1-3-5(6)8-9/h1-4H. The highest BCUT2D eigenvalue weighted by molar-refractivity contribution is 8.13. The molecule has 0 heterocycles. The second-order valence-electron chi connectivity index (χ2n) is 2.00. The van der Waals surface area contributed by atoms with Gasteiger partial charge in [-0.25, -0.2) is 8.42 Å². The molecule has 0 N–H and O–H groups in total. The predicted molar refractivity (Wildman–Crippen MR) is 44.9 cm³/mol. The average Bonchev–Trinajstić information content (AvgIpc) is 2.03. The number of rotatable bonds is 2. The first-order valence-electron chi connectivity index (χ1n) is 2.93. The lowest BCUT2D eigenvalue weighted by atomic mass is 10.3. The predicted octanol–water partition coefficient (Wildman–Crippen LogP) is 2.01. The summed E-state index contributed by atoms with van der Waals surface area (Å²) < 4.78 is 21.6. The topological polar surface area (TPSA) is 63.6 Å². The van der Waals surface area contributed by atoms with Crippen molar-refractivity contribution >= 4 is 25.4 Å². The Labute approximate surface area is 73.6 Å². The van der Waals surface area contributed by atoms with Gasteiger partial charge in [0, 0.05) is 10.7 Å². The molecule has 0 fully saturated rings. The fourth-order valence-corrected chi connectivity index (χ4v) is 1.73. The van der Waals surface area contributed by atoms with Crippen LogP contribution in [-0.2, 0) is 9.05 Å². The summed E-state index contributed by atoms with van der Waals surface area (Å²) in [4.78, 5) is 9.84. The van der Waals surface area contributed by atoms with Gasteiger partial charge >= 0.3 is 0 Å². The summed E-state index contributed by atoms with van der Waals surface area (Å²) >= 11 is 0. The summed E-state index contributed by atoms with van der Waals surface area (Å²) in [6, 6.07) is 5.47. The van der Waals surface area contributed by atoms with Gasteiger partial charge in [0.25, 0.3) is 9.05 Å². The van der Waals surface area contributed by atoms with Gasteiger partial charge in [-0.05, 0) is 17.3 Å². The Hall–Kier alpha value is -0.940. The molecule has 0 spiro atoms. The van der Waals surface area contributed by atoms with E-state index in [1.807, 2.05) is 0 Å². The molecule has 1 aromatic rings.